The molecule has 0 bridgehead atoms. The van der Waals surface area contributed by atoms with E-state index < -0.39 is 0 Å². The third-order valence-electron chi connectivity index (χ3n) is 6.30. The lowest BCUT2D eigenvalue weighted by Gasteiger charge is -2.50. The topological polar surface area (TPSA) is 34.1 Å². The first-order chi connectivity index (χ1) is 15.3. The van der Waals surface area contributed by atoms with Gasteiger partial charge in [0, 0.05) is 31.2 Å². The molecule has 2 aromatic rings. The summed E-state index contributed by atoms with van der Waals surface area (Å²) in [6.07, 6.45) is 1.94. The van der Waals surface area contributed by atoms with Gasteiger partial charge in [0.25, 0.3) is 0 Å². The maximum Gasteiger partial charge on any atom is 0.130 e. The van der Waals surface area contributed by atoms with Gasteiger partial charge in [-0.25, -0.2) is 0 Å². The van der Waals surface area contributed by atoms with Crippen LogP contribution in [-0.4, -0.2) is 68.5 Å². The van der Waals surface area contributed by atoms with Gasteiger partial charge in [-0.1, -0.05) is 46.9 Å². The van der Waals surface area contributed by atoms with E-state index in [4.69, 9.17) is 39.8 Å². The van der Waals surface area contributed by atoms with E-state index in [9.17, 15) is 0 Å². The van der Waals surface area contributed by atoms with Gasteiger partial charge >= 0.3 is 0 Å². The minimum absolute atomic E-state index is 0.248. The number of rotatable bonds is 5. The average molecular weight is 495 g/mol. The standard InChI is InChI=1S/C24H30Cl3N5/c1-30(2)11-12-32-22-15-20(27)19(26)14-21(22)29-24(7-9-31(3)10-8-24)23(32)28-16-17-5-4-6-18(25)13-17/h4-6,13-15,29H,7-12,16H2,1-3H3. The van der Waals surface area contributed by atoms with Crippen molar-refractivity contribution in [3.05, 3.63) is 57.0 Å². The van der Waals surface area contributed by atoms with Crippen LogP contribution in [0.2, 0.25) is 15.1 Å². The summed E-state index contributed by atoms with van der Waals surface area (Å²) in [4.78, 5) is 12.1. The molecule has 0 saturated carbocycles. The van der Waals surface area contributed by atoms with Crippen LogP contribution in [0.15, 0.2) is 41.4 Å². The van der Waals surface area contributed by atoms with E-state index in [-0.39, 0.29) is 5.54 Å². The highest BCUT2D eigenvalue weighted by molar-refractivity contribution is 6.42. The summed E-state index contributed by atoms with van der Waals surface area (Å²) < 4.78 is 0. The van der Waals surface area contributed by atoms with Crippen molar-refractivity contribution in [1.29, 1.82) is 0 Å². The lowest BCUT2D eigenvalue weighted by atomic mass is 9.83. The lowest BCUT2D eigenvalue weighted by molar-refractivity contribution is 0.238. The Kier molecular flexibility index (Phi) is 7.23. The van der Waals surface area contributed by atoms with Crippen LogP contribution in [0.5, 0.6) is 0 Å². The third kappa shape index (κ3) is 5.02. The van der Waals surface area contributed by atoms with Crippen LogP contribution in [0.1, 0.15) is 18.4 Å². The summed E-state index contributed by atoms with van der Waals surface area (Å²) in [5.74, 6) is 1.07. The van der Waals surface area contributed by atoms with E-state index in [1.165, 1.54) is 0 Å². The van der Waals surface area contributed by atoms with Gasteiger partial charge in [-0.2, -0.15) is 0 Å². The number of hydrogen-bond acceptors (Lipinski definition) is 4. The molecular formula is C24H30Cl3N5. The molecule has 0 radical (unpaired) electrons. The second-order valence-electron chi connectivity index (χ2n) is 9.02. The molecule has 1 N–H and O–H groups in total. The summed E-state index contributed by atoms with van der Waals surface area (Å²) in [5, 5.41) is 5.68. The minimum Gasteiger partial charge on any atom is -0.371 e. The van der Waals surface area contributed by atoms with E-state index in [1.807, 2.05) is 30.3 Å². The molecule has 2 aromatic carbocycles. The molecule has 172 valence electrons. The zero-order valence-corrected chi connectivity index (χ0v) is 21.1. The number of piperidine rings is 1. The van der Waals surface area contributed by atoms with Gasteiger partial charge in [0.15, 0.2) is 0 Å². The highest BCUT2D eigenvalue weighted by Crippen LogP contribution is 2.44. The van der Waals surface area contributed by atoms with Crippen LogP contribution in [0.3, 0.4) is 0 Å². The highest BCUT2D eigenvalue weighted by Gasteiger charge is 2.45. The van der Waals surface area contributed by atoms with Gasteiger partial charge in [0.2, 0.25) is 0 Å². The van der Waals surface area contributed by atoms with Crippen molar-refractivity contribution in [3.63, 3.8) is 0 Å². The lowest BCUT2D eigenvalue weighted by Crippen LogP contribution is -2.62. The summed E-state index contributed by atoms with van der Waals surface area (Å²) in [6, 6.07) is 11.8. The number of likely N-dealkylation sites (tertiary alicyclic amines) is 1. The summed E-state index contributed by atoms with van der Waals surface area (Å²) in [5.41, 5.74) is 2.89. The van der Waals surface area contributed by atoms with Crippen LogP contribution in [0.4, 0.5) is 11.4 Å². The van der Waals surface area contributed by atoms with Gasteiger partial charge < -0.3 is 20.0 Å². The van der Waals surface area contributed by atoms with Crippen LogP contribution >= 0.6 is 34.8 Å². The molecule has 5 nitrogen and oxygen atoms in total. The summed E-state index contributed by atoms with van der Waals surface area (Å²) in [7, 11) is 6.35. The van der Waals surface area contributed by atoms with E-state index in [0.717, 1.165) is 66.8 Å². The predicted molar refractivity (Wildman–Crippen MR) is 138 cm³/mol. The van der Waals surface area contributed by atoms with Crippen molar-refractivity contribution in [2.45, 2.75) is 24.9 Å². The molecule has 0 atom stereocenters. The Hall–Kier alpha value is -1.50. The third-order valence-corrected chi connectivity index (χ3v) is 7.26. The smallest absolute Gasteiger partial charge is 0.130 e. The minimum atomic E-state index is -0.248. The second kappa shape index (κ2) is 9.78. The number of benzene rings is 2. The monoisotopic (exact) mass is 493 g/mol. The normalized spacial score (nSPS) is 19.5. The molecule has 2 aliphatic rings. The molecule has 1 saturated heterocycles. The largest absolute Gasteiger partial charge is 0.371 e. The fourth-order valence-electron chi connectivity index (χ4n) is 4.46. The van der Waals surface area contributed by atoms with Gasteiger partial charge in [0.1, 0.15) is 5.84 Å². The van der Waals surface area contributed by atoms with Crippen molar-refractivity contribution in [2.75, 3.05) is 57.5 Å². The van der Waals surface area contributed by atoms with Gasteiger partial charge in [-0.15, -0.1) is 0 Å². The van der Waals surface area contributed by atoms with Crippen LogP contribution in [0, 0.1) is 0 Å². The first-order valence-electron chi connectivity index (χ1n) is 10.9. The first kappa shape index (κ1) is 23.7. The molecule has 1 spiro atoms. The number of nitrogens with zero attached hydrogens (tertiary/aromatic N) is 4. The zero-order chi connectivity index (χ0) is 22.9. The Balaban J connectivity index is 1.80. The van der Waals surface area contributed by atoms with E-state index in [2.05, 4.69) is 47.2 Å². The average Bonchev–Trinajstić information content (AvgIpc) is 2.74. The highest BCUT2D eigenvalue weighted by atomic mass is 35.5. The second-order valence-corrected chi connectivity index (χ2v) is 10.3. The summed E-state index contributed by atoms with van der Waals surface area (Å²) >= 11 is 19.1. The Labute approximate surface area is 205 Å². The molecule has 32 heavy (non-hydrogen) atoms. The van der Waals surface area contributed by atoms with Crippen molar-refractivity contribution in [2.24, 2.45) is 4.99 Å². The number of hydrogen-bond donors (Lipinski definition) is 1. The van der Waals surface area contributed by atoms with E-state index in [1.54, 1.807) is 0 Å². The Morgan fingerprint density at radius 1 is 1.06 bits per heavy atom. The van der Waals surface area contributed by atoms with Crippen molar-refractivity contribution in [1.82, 2.24) is 9.80 Å². The van der Waals surface area contributed by atoms with Crippen molar-refractivity contribution in [3.8, 4) is 0 Å². The Bertz CT molecular complexity index is 999. The number of fused-ring (bicyclic) bond motifs is 1. The van der Waals surface area contributed by atoms with Crippen LogP contribution < -0.4 is 10.2 Å². The molecule has 4 rings (SSSR count). The number of halogens is 3. The van der Waals surface area contributed by atoms with Crippen LogP contribution in [0.25, 0.3) is 0 Å². The van der Waals surface area contributed by atoms with Gasteiger partial charge in [-0.3, -0.25) is 4.99 Å². The number of aliphatic imine (C=N–C) groups is 1. The molecule has 0 aliphatic carbocycles. The number of likely N-dealkylation sites (N-methyl/N-ethyl adjacent to an activating group) is 1. The number of anilines is 2. The van der Waals surface area contributed by atoms with Crippen molar-refractivity contribution >= 4 is 52.0 Å². The fraction of sp³-hybridized carbons (Fsp3) is 0.458. The Morgan fingerprint density at radius 3 is 2.47 bits per heavy atom. The molecule has 0 aromatic heterocycles. The van der Waals surface area contributed by atoms with Gasteiger partial charge in [0.05, 0.1) is 33.5 Å². The number of amidine groups is 1. The Morgan fingerprint density at radius 2 is 1.78 bits per heavy atom. The van der Waals surface area contributed by atoms with E-state index in [0.29, 0.717) is 16.6 Å². The quantitative estimate of drug-likeness (QED) is 0.595. The maximum atomic E-state index is 6.45. The molecule has 0 unspecified atom stereocenters. The molecular weight excluding hydrogens is 465 g/mol. The zero-order valence-electron chi connectivity index (χ0n) is 18.8. The number of nitrogens with one attached hydrogen (secondary N) is 1. The van der Waals surface area contributed by atoms with Crippen LogP contribution in [-0.2, 0) is 6.54 Å². The fourth-order valence-corrected chi connectivity index (χ4v) is 4.99. The van der Waals surface area contributed by atoms with Crippen molar-refractivity contribution < 1.29 is 0 Å². The summed E-state index contributed by atoms with van der Waals surface area (Å²) in [6.45, 7) is 4.28. The molecule has 8 heteroatoms. The molecule has 1 fully saturated rings. The first-order valence-corrected chi connectivity index (χ1v) is 12.1. The molecule has 0 amide bonds. The van der Waals surface area contributed by atoms with Gasteiger partial charge in [-0.05, 0) is 63.8 Å². The SMILES string of the molecule is CN(C)CCN1C(=NCc2cccc(Cl)c2)C2(CCN(C)CC2)Nc2cc(Cl)c(Cl)cc21. The van der Waals surface area contributed by atoms with E-state index >= 15 is 0 Å². The molecule has 2 heterocycles. The molecule has 2 aliphatic heterocycles. The maximum absolute atomic E-state index is 6.45. The predicted octanol–water partition coefficient (Wildman–Crippen LogP) is 5.50.